The Hall–Kier alpha value is -4.20. The largest absolute Gasteiger partial charge is 0.386 e. The van der Waals surface area contributed by atoms with E-state index in [1.165, 1.54) is 36.4 Å². The summed E-state index contributed by atoms with van der Waals surface area (Å²) in [7, 11) is 0. The van der Waals surface area contributed by atoms with Crippen molar-refractivity contribution >= 4 is 23.9 Å². The molecule has 148 valence electrons. The van der Waals surface area contributed by atoms with Gasteiger partial charge in [0.2, 0.25) is 0 Å². The van der Waals surface area contributed by atoms with E-state index in [4.69, 9.17) is 0 Å². The first-order valence-corrected chi connectivity index (χ1v) is 8.31. The fraction of sp³-hybridized carbons (Fsp3) is 0.0476. The van der Waals surface area contributed by atoms with E-state index in [1.54, 1.807) is 43.3 Å². The molecule has 0 aliphatic rings. The molecule has 29 heavy (non-hydrogen) atoms. The number of hydrogen-bond donors (Lipinski definition) is 0. The molecule has 0 aliphatic heterocycles. The molecular formula is C21H16O8. The molecule has 0 spiro atoms. The lowest BCUT2D eigenvalue weighted by Gasteiger charge is -2.04. The number of carbonyl (C=O) groups excluding carboxylic acids is 4. The summed E-state index contributed by atoms with van der Waals surface area (Å²) in [5.74, 6) is -4.05. The second kappa shape index (κ2) is 10.8. The van der Waals surface area contributed by atoms with Gasteiger partial charge in [0.15, 0.2) is 0 Å². The van der Waals surface area contributed by atoms with Gasteiger partial charge in [-0.15, -0.1) is 0 Å². The van der Waals surface area contributed by atoms with Crippen molar-refractivity contribution < 1.29 is 38.7 Å². The number of carbonyl (C=O) groups is 4. The zero-order valence-corrected chi connectivity index (χ0v) is 15.3. The van der Waals surface area contributed by atoms with Crippen LogP contribution >= 0.6 is 0 Å². The predicted molar refractivity (Wildman–Crippen MR) is 98.8 cm³/mol. The van der Waals surface area contributed by atoms with Gasteiger partial charge in [0.05, 0.1) is 16.7 Å². The Kier molecular flexibility index (Phi) is 7.88. The zero-order valence-electron chi connectivity index (χ0n) is 15.3. The van der Waals surface area contributed by atoms with Crippen LogP contribution in [0, 0.1) is 0 Å². The lowest BCUT2D eigenvalue weighted by Crippen LogP contribution is -2.15. The molecule has 0 atom stereocenters. The van der Waals surface area contributed by atoms with E-state index in [2.05, 4.69) is 19.6 Å². The van der Waals surface area contributed by atoms with Gasteiger partial charge in [-0.3, -0.25) is 0 Å². The average molecular weight is 396 g/mol. The van der Waals surface area contributed by atoms with E-state index in [0.717, 1.165) is 6.08 Å². The van der Waals surface area contributed by atoms with Gasteiger partial charge in [-0.25, -0.2) is 38.7 Å². The van der Waals surface area contributed by atoms with Gasteiger partial charge in [0, 0.05) is 6.08 Å². The fourth-order valence-electron chi connectivity index (χ4n) is 1.95. The normalized spacial score (nSPS) is 10.9. The fourth-order valence-corrected chi connectivity index (χ4v) is 1.95. The van der Waals surface area contributed by atoms with Crippen molar-refractivity contribution in [1.29, 1.82) is 0 Å². The van der Waals surface area contributed by atoms with Crippen LogP contribution in [0.1, 0.15) is 27.6 Å². The molecule has 0 unspecified atom stereocenters. The first-order valence-electron chi connectivity index (χ1n) is 8.31. The Labute approximate surface area is 165 Å². The minimum Gasteiger partial charge on any atom is -0.242 e. The number of rotatable bonds is 5. The molecule has 2 aromatic rings. The van der Waals surface area contributed by atoms with Crippen LogP contribution in [0.25, 0.3) is 0 Å². The van der Waals surface area contributed by atoms with Crippen LogP contribution in [-0.2, 0) is 29.1 Å². The van der Waals surface area contributed by atoms with Crippen molar-refractivity contribution in [3.05, 3.63) is 95.6 Å². The van der Waals surface area contributed by atoms with Crippen molar-refractivity contribution in [3.8, 4) is 0 Å². The molecule has 0 bridgehead atoms. The summed E-state index contributed by atoms with van der Waals surface area (Å²) in [6.07, 6.45) is 3.38. The predicted octanol–water partition coefficient (Wildman–Crippen LogP) is 3.12. The molecule has 8 nitrogen and oxygen atoms in total. The first kappa shape index (κ1) is 21.1. The summed E-state index contributed by atoms with van der Waals surface area (Å²) in [5.41, 5.74) is 0.0448. The van der Waals surface area contributed by atoms with Gasteiger partial charge in [0.25, 0.3) is 0 Å². The monoisotopic (exact) mass is 396 g/mol. The van der Waals surface area contributed by atoms with Crippen LogP contribution in [0.4, 0.5) is 0 Å². The third-order valence-electron chi connectivity index (χ3n) is 3.27. The second-order valence-electron chi connectivity index (χ2n) is 5.35. The van der Waals surface area contributed by atoms with Crippen molar-refractivity contribution in [2.75, 3.05) is 0 Å². The maximum Gasteiger partial charge on any atom is 0.386 e. The highest BCUT2D eigenvalue weighted by Gasteiger charge is 2.17. The summed E-state index contributed by atoms with van der Waals surface area (Å²) >= 11 is 0. The van der Waals surface area contributed by atoms with E-state index in [9.17, 15) is 19.2 Å². The van der Waals surface area contributed by atoms with Gasteiger partial charge in [-0.1, -0.05) is 48.6 Å². The summed E-state index contributed by atoms with van der Waals surface area (Å²) in [6.45, 7) is 1.58. The topological polar surface area (TPSA) is 105 Å². The molecular weight excluding hydrogens is 380 g/mol. The quantitative estimate of drug-likeness (QED) is 0.329. The van der Waals surface area contributed by atoms with Crippen LogP contribution in [0.2, 0.25) is 0 Å². The summed E-state index contributed by atoms with van der Waals surface area (Å²) in [4.78, 5) is 65.0. The molecule has 0 saturated heterocycles. The molecule has 0 aromatic heterocycles. The average Bonchev–Trinajstić information content (AvgIpc) is 2.76. The highest BCUT2D eigenvalue weighted by Crippen LogP contribution is 2.07. The minimum atomic E-state index is -1.14. The van der Waals surface area contributed by atoms with E-state index in [1.807, 2.05) is 0 Å². The molecule has 0 fully saturated rings. The van der Waals surface area contributed by atoms with Crippen LogP contribution in [0.3, 0.4) is 0 Å². The molecule has 0 N–H and O–H groups in total. The van der Waals surface area contributed by atoms with E-state index >= 15 is 0 Å². The number of benzene rings is 2. The van der Waals surface area contributed by atoms with Gasteiger partial charge in [-0.05, 0) is 31.2 Å². The first-order chi connectivity index (χ1) is 14.0. The van der Waals surface area contributed by atoms with Crippen molar-refractivity contribution in [2.45, 2.75) is 6.92 Å². The third kappa shape index (κ3) is 6.79. The Morgan fingerprint density at radius 3 is 1.66 bits per heavy atom. The minimum absolute atomic E-state index is 0.170. The molecule has 0 saturated carbocycles. The molecule has 2 aromatic carbocycles. The van der Waals surface area contributed by atoms with E-state index < -0.39 is 23.9 Å². The standard InChI is InChI=1S/C21H16O8/c1-2-9-17(21(25)29-28-20(24)16-12-7-4-8-13-16)14-18(22)26-27-19(23)15-10-5-3-6-11-15/h2-14H,1H3/b9-2+,17-14+. The lowest BCUT2D eigenvalue weighted by atomic mass is 10.2. The molecule has 0 radical (unpaired) electrons. The van der Waals surface area contributed by atoms with E-state index in [0.29, 0.717) is 0 Å². The van der Waals surface area contributed by atoms with Crippen molar-refractivity contribution in [2.24, 2.45) is 0 Å². The maximum absolute atomic E-state index is 12.0. The highest BCUT2D eigenvalue weighted by atomic mass is 17.2. The Bertz CT molecular complexity index is 930. The van der Waals surface area contributed by atoms with Gasteiger partial charge in [0.1, 0.15) is 0 Å². The molecule has 0 heterocycles. The Morgan fingerprint density at radius 2 is 1.17 bits per heavy atom. The van der Waals surface area contributed by atoms with Crippen molar-refractivity contribution in [3.63, 3.8) is 0 Å². The summed E-state index contributed by atoms with van der Waals surface area (Å²) in [5, 5.41) is 0. The van der Waals surface area contributed by atoms with Crippen LogP contribution in [0.5, 0.6) is 0 Å². The Balaban J connectivity index is 1.93. The molecule has 0 aliphatic carbocycles. The van der Waals surface area contributed by atoms with Crippen LogP contribution in [0.15, 0.2) is 84.5 Å². The van der Waals surface area contributed by atoms with Gasteiger partial charge < -0.3 is 0 Å². The smallest absolute Gasteiger partial charge is 0.242 e. The maximum atomic E-state index is 12.0. The van der Waals surface area contributed by atoms with Crippen LogP contribution < -0.4 is 0 Å². The molecule has 8 heteroatoms. The van der Waals surface area contributed by atoms with Gasteiger partial charge in [-0.2, -0.15) is 0 Å². The Morgan fingerprint density at radius 1 is 0.690 bits per heavy atom. The van der Waals surface area contributed by atoms with E-state index in [-0.39, 0.29) is 16.7 Å². The molecule has 0 amide bonds. The summed E-state index contributed by atoms with van der Waals surface area (Å²) < 4.78 is 0. The highest BCUT2D eigenvalue weighted by molar-refractivity contribution is 5.99. The second-order valence-corrected chi connectivity index (χ2v) is 5.35. The molecule has 2 rings (SSSR count). The lowest BCUT2D eigenvalue weighted by molar-refractivity contribution is -0.230. The zero-order chi connectivity index (χ0) is 21.1. The van der Waals surface area contributed by atoms with Crippen LogP contribution in [-0.4, -0.2) is 23.9 Å². The van der Waals surface area contributed by atoms with Gasteiger partial charge >= 0.3 is 23.9 Å². The van der Waals surface area contributed by atoms with Crippen molar-refractivity contribution in [1.82, 2.24) is 0 Å². The summed E-state index contributed by atoms with van der Waals surface area (Å²) in [6, 6.07) is 15.7. The number of allylic oxidation sites excluding steroid dienone is 1. The number of hydrogen-bond acceptors (Lipinski definition) is 8. The SMILES string of the molecule is C/C=C/C(=C\C(=O)OOC(=O)c1ccccc1)C(=O)OOC(=O)c1ccccc1. The third-order valence-corrected chi connectivity index (χ3v) is 3.27.